The Morgan fingerprint density at radius 3 is 2.68 bits per heavy atom. The van der Waals surface area contributed by atoms with Gasteiger partial charge in [0.25, 0.3) is 0 Å². The molecular weight excluding hydrogens is 372 g/mol. The van der Waals surface area contributed by atoms with Gasteiger partial charge in [0.15, 0.2) is 0 Å². The van der Waals surface area contributed by atoms with Crippen molar-refractivity contribution in [2.24, 2.45) is 0 Å². The van der Waals surface area contributed by atoms with E-state index in [9.17, 15) is 0 Å². The summed E-state index contributed by atoms with van der Waals surface area (Å²) in [5.41, 5.74) is 3.85. The van der Waals surface area contributed by atoms with Crippen LogP contribution in [-0.4, -0.2) is 45.7 Å². The van der Waals surface area contributed by atoms with Gasteiger partial charge in [0.1, 0.15) is 16.3 Å². The Labute approximate surface area is 169 Å². The molecule has 0 aromatic carbocycles. The molecule has 0 unspecified atom stereocenters. The van der Waals surface area contributed by atoms with Gasteiger partial charge in [-0.2, -0.15) is 4.98 Å². The predicted molar refractivity (Wildman–Crippen MR) is 114 cm³/mol. The second-order valence-corrected chi connectivity index (χ2v) is 8.61. The summed E-state index contributed by atoms with van der Waals surface area (Å²) in [6.07, 6.45) is 5.36. The fourth-order valence-corrected chi connectivity index (χ4v) is 4.58. The van der Waals surface area contributed by atoms with Gasteiger partial charge >= 0.3 is 0 Å². The van der Waals surface area contributed by atoms with Crippen LogP contribution in [0.25, 0.3) is 20.8 Å². The fourth-order valence-electron chi connectivity index (χ4n) is 3.47. The minimum Gasteiger partial charge on any atom is -0.383 e. The number of nitrogens with zero attached hydrogens (tertiary/aromatic N) is 4. The number of pyridine rings is 1. The van der Waals surface area contributed by atoms with Gasteiger partial charge in [-0.25, -0.2) is 9.97 Å². The predicted octanol–water partition coefficient (Wildman–Crippen LogP) is 4.18. The highest BCUT2D eigenvalue weighted by Crippen LogP contribution is 2.40. The first-order chi connectivity index (χ1) is 13.5. The molecule has 4 rings (SSSR count). The fraction of sp³-hybridized carbons (Fsp3) is 0.500. The molecule has 0 spiro atoms. The van der Waals surface area contributed by atoms with E-state index in [1.807, 2.05) is 26.1 Å². The van der Waals surface area contributed by atoms with Crippen LogP contribution in [0.1, 0.15) is 37.6 Å². The first-order valence-electron chi connectivity index (χ1n) is 9.61. The molecule has 0 bridgehead atoms. The maximum absolute atomic E-state index is 5.12. The second kappa shape index (κ2) is 7.60. The lowest BCUT2D eigenvalue weighted by atomic mass is 9.78. The minimum atomic E-state index is 0.0769. The van der Waals surface area contributed by atoms with E-state index in [2.05, 4.69) is 27.5 Å². The van der Waals surface area contributed by atoms with Crippen LogP contribution in [0.4, 0.5) is 11.8 Å². The SMILES string of the molecule is COCCNc1nc(C)c(-c2nc3c(C)nccc3s2)c(NC2(C)CCC2)n1. The lowest BCUT2D eigenvalue weighted by Crippen LogP contribution is -2.42. The normalized spacial score (nSPS) is 15.4. The zero-order chi connectivity index (χ0) is 19.7. The summed E-state index contributed by atoms with van der Waals surface area (Å²) in [5.74, 6) is 1.46. The van der Waals surface area contributed by atoms with Crippen molar-refractivity contribution in [3.05, 3.63) is 23.7 Å². The molecule has 1 saturated carbocycles. The summed E-state index contributed by atoms with van der Waals surface area (Å²) in [4.78, 5) is 18.7. The van der Waals surface area contributed by atoms with Crippen molar-refractivity contribution in [2.45, 2.75) is 45.6 Å². The van der Waals surface area contributed by atoms with Gasteiger partial charge in [-0.05, 0) is 46.1 Å². The number of hydrogen-bond donors (Lipinski definition) is 2. The van der Waals surface area contributed by atoms with E-state index >= 15 is 0 Å². The number of rotatable bonds is 7. The van der Waals surface area contributed by atoms with E-state index in [4.69, 9.17) is 14.7 Å². The zero-order valence-electron chi connectivity index (χ0n) is 16.8. The zero-order valence-corrected chi connectivity index (χ0v) is 17.6. The average molecular weight is 399 g/mol. The van der Waals surface area contributed by atoms with Gasteiger partial charge in [-0.15, -0.1) is 11.3 Å². The highest BCUT2D eigenvalue weighted by atomic mass is 32.1. The monoisotopic (exact) mass is 398 g/mol. The molecule has 0 atom stereocenters. The van der Waals surface area contributed by atoms with Crippen molar-refractivity contribution >= 4 is 33.3 Å². The van der Waals surface area contributed by atoms with Crippen LogP contribution in [0.3, 0.4) is 0 Å². The number of fused-ring (bicyclic) bond motifs is 1. The van der Waals surface area contributed by atoms with Crippen LogP contribution in [0.2, 0.25) is 0 Å². The molecule has 3 aromatic heterocycles. The molecule has 0 saturated heterocycles. The quantitative estimate of drug-likeness (QED) is 0.578. The lowest BCUT2D eigenvalue weighted by Gasteiger charge is -2.40. The smallest absolute Gasteiger partial charge is 0.224 e. The molecule has 2 N–H and O–H groups in total. The van der Waals surface area contributed by atoms with E-state index in [1.165, 1.54) is 6.42 Å². The third kappa shape index (κ3) is 3.66. The van der Waals surface area contributed by atoms with Crippen molar-refractivity contribution < 1.29 is 4.74 Å². The number of hydrogen-bond acceptors (Lipinski definition) is 8. The number of ether oxygens (including phenoxy) is 1. The van der Waals surface area contributed by atoms with Crippen LogP contribution >= 0.6 is 11.3 Å². The molecular formula is C20H26N6OS. The molecule has 0 aliphatic heterocycles. The van der Waals surface area contributed by atoms with Gasteiger partial charge in [0, 0.05) is 25.4 Å². The Kier molecular flexibility index (Phi) is 5.16. The van der Waals surface area contributed by atoms with Crippen LogP contribution in [0.5, 0.6) is 0 Å². The van der Waals surface area contributed by atoms with Crippen LogP contribution in [0.15, 0.2) is 12.3 Å². The third-order valence-corrected chi connectivity index (χ3v) is 6.30. The molecule has 1 aliphatic rings. The van der Waals surface area contributed by atoms with Crippen molar-refractivity contribution in [2.75, 3.05) is 30.9 Å². The molecule has 0 radical (unpaired) electrons. The maximum atomic E-state index is 5.12. The maximum Gasteiger partial charge on any atom is 0.224 e. The van der Waals surface area contributed by atoms with Crippen molar-refractivity contribution in [1.82, 2.24) is 19.9 Å². The highest BCUT2D eigenvalue weighted by Gasteiger charge is 2.33. The number of nitrogens with one attached hydrogen (secondary N) is 2. The van der Waals surface area contributed by atoms with E-state index < -0.39 is 0 Å². The first kappa shape index (κ1) is 19.0. The van der Waals surface area contributed by atoms with E-state index in [1.54, 1.807) is 18.4 Å². The van der Waals surface area contributed by atoms with E-state index in [-0.39, 0.29) is 5.54 Å². The Balaban J connectivity index is 1.78. The minimum absolute atomic E-state index is 0.0769. The number of aromatic nitrogens is 4. The van der Waals surface area contributed by atoms with Gasteiger partial charge in [-0.3, -0.25) is 4.98 Å². The molecule has 7 nitrogen and oxygen atoms in total. The van der Waals surface area contributed by atoms with Crippen LogP contribution < -0.4 is 10.6 Å². The number of methoxy groups -OCH3 is 1. The molecule has 148 valence electrons. The second-order valence-electron chi connectivity index (χ2n) is 7.58. The first-order valence-corrected chi connectivity index (χ1v) is 10.4. The third-order valence-electron chi connectivity index (χ3n) is 5.26. The molecule has 3 aromatic rings. The molecule has 28 heavy (non-hydrogen) atoms. The molecule has 0 amide bonds. The number of aryl methyl sites for hydroxylation is 2. The van der Waals surface area contributed by atoms with Crippen molar-refractivity contribution in [1.29, 1.82) is 0 Å². The van der Waals surface area contributed by atoms with Crippen LogP contribution in [-0.2, 0) is 4.74 Å². The molecule has 8 heteroatoms. The Morgan fingerprint density at radius 2 is 2.00 bits per heavy atom. The Bertz CT molecular complexity index is 998. The number of anilines is 2. The number of thiazole rings is 1. The van der Waals surface area contributed by atoms with Crippen molar-refractivity contribution in [3.8, 4) is 10.6 Å². The molecule has 3 heterocycles. The molecule has 1 aliphatic carbocycles. The Hall–Kier alpha value is -2.32. The highest BCUT2D eigenvalue weighted by molar-refractivity contribution is 7.21. The molecule has 1 fully saturated rings. The summed E-state index contributed by atoms with van der Waals surface area (Å²) >= 11 is 1.66. The van der Waals surface area contributed by atoms with E-state index in [0.717, 1.165) is 50.8 Å². The topological polar surface area (TPSA) is 84.8 Å². The van der Waals surface area contributed by atoms with Crippen molar-refractivity contribution in [3.63, 3.8) is 0 Å². The van der Waals surface area contributed by atoms with Gasteiger partial charge in [0.05, 0.1) is 28.3 Å². The summed E-state index contributed by atoms with van der Waals surface area (Å²) in [6.45, 7) is 7.53. The Morgan fingerprint density at radius 1 is 1.18 bits per heavy atom. The van der Waals surface area contributed by atoms with Gasteiger partial charge < -0.3 is 15.4 Å². The summed E-state index contributed by atoms with van der Waals surface area (Å²) < 4.78 is 6.25. The standard InChI is InChI=1S/C20H26N6OS/c1-12-15(18-24-16-13(2)21-9-6-14(16)28-18)17(26-20(3)7-5-8-20)25-19(23-12)22-10-11-27-4/h6,9H,5,7-8,10-11H2,1-4H3,(H2,22,23,25,26). The lowest BCUT2D eigenvalue weighted by molar-refractivity contribution is 0.210. The van der Waals surface area contributed by atoms with Gasteiger partial charge in [-0.1, -0.05) is 0 Å². The summed E-state index contributed by atoms with van der Waals surface area (Å²) in [6, 6.07) is 2.01. The van der Waals surface area contributed by atoms with Crippen LogP contribution in [0, 0.1) is 13.8 Å². The summed E-state index contributed by atoms with van der Waals surface area (Å²) in [5, 5.41) is 7.86. The summed E-state index contributed by atoms with van der Waals surface area (Å²) in [7, 11) is 1.69. The largest absolute Gasteiger partial charge is 0.383 e. The average Bonchev–Trinajstić information content (AvgIpc) is 3.05. The van der Waals surface area contributed by atoms with Gasteiger partial charge in [0.2, 0.25) is 5.95 Å². The van der Waals surface area contributed by atoms with E-state index in [0.29, 0.717) is 19.1 Å².